The first kappa shape index (κ1) is 17.4. The van der Waals surface area contributed by atoms with Gasteiger partial charge in [0.1, 0.15) is 6.61 Å². The van der Waals surface area contributed by atoms with E-state index in [1.165, 1.54) is 22.7 Å². The molecule has 0 radical (unpaired) electrons. The quantitative estimate of drug-likeness (QED) is 0.825. The van der Waals surface area contributed by atoms with Gasteiger partial charge in [0.05, 0.1) is 0 Å². The summed E-state index contributed by atoms with van der Waals surface area (Å²) in [6.45, 7) is 3.77. The van der Waals surface area contributed by atoms with Crippen molar-refractivity contribution in [1.29, 1.82) is 0 Å². The molecule has 0 saturated carbocycles. The Kier molecular flexibility index (Phi) is 5.17. The van der Waals surface area contributed by atoms with Crippen LogP contribution in [-0.2, 0) is 29.1 Å². The summed E-state index contributed by atoms with van der Waals surface area (Å²) in [6, 6.07) is 8.46. The van der Waals surface area contributed by atoms with E-state index in [9.17, 15) is 4.79 Å². The number of benzene rings is 1. The second-order valence-corrected chi connectivity index (χ2v) is 7.70. The molecular formula is C19H24N4O2S. The summed E-state index contributed by atoms with van der Waals surface area (Å²) in [5.74, 6) is 1.18. The number of fused-ring (bicyclic) bond motifs is 1. The molecule has 3 heterocycles. The molecule has 0 aliphatic carbocycles. The number of hydrogen-bond acceptors (Lipinski definition) is 6. The first-order valence-electron chi connectivity index (χ1n) is 9.16. The third kappa shape index (κ3) is 3.59. The van der Waals surface area contributed by atoms with Crippen LogP contribution in [0.15, 0.2) is 24.3 Å². The van der Waals surface area contributed by atoms with Crippen molar-refractivity contribution in [2.45, 2.75) is 32.4 Å². The number of hydrogen-bond donors (Lipinski definition) is 0. The molecule has 0 bridgehead atoms. The number of rotatable bonds is 4. The SMILES string of the molecule is COCc1nsc(N2CCC(C(=O)N3CCc4ccccc4C3)CC2)n1. The lowest BCUT2D eigenvalue weighted by Gasteiger charge is -2.36. The number of carbonyl (C=O) groups is 1. The Labute approximate surface area is 158 Å². The number of anilines is 1. The maximum absolute atomic E-state index is 13.0. The van der Waals surface area contributed by atoms with Crippen molar-refractivity contribution in [2.24, 2.45) is 5.92 Å². The Balaban J connectivity index is 1.33. The van der Waals surface area contributed by atoms with Gasteiger partial charge in [0.15, 0.2) is 5.82 Å². The highest BCUT2D eigenvalue weighted by molar-refractivity contribution is 7.09. The molecule has 1 amide bonds. The molecule has 2 aliphatic heterocycles. The van der Waals surface area contributed by atoms with E-state index >= 15 is 0 Å². The van der Waals surface area contributed by atoms with Crippen molar-refractivity contribution >= 4 is 22.6 Å². The molecule has 1 aromatic carbocycles. The normalized spacial score (nSPS) is 18.0. The van der Waals surface area contributed by atoms with Gasteiger partial charge in [0, 0.05) is 50.7 Å². The van der Waals surface area contributed by atoms with Crippen LogP contribution in [0.5, 0.6) is 0 Å². The van der Waals surface area contributed by atoms with Gasteiger partial charge >= 0.3 is 0 Å². The Hall–Kier alpha value is -1.99. The maximum atomic E-state index is 13.0. The van der Waals surface area contributed by atoms with Gasteiger partial charge in [-0.1, -0.05) is 24.3 Å². The number of nitrogens with zero attached hydrogens (tertiary/aromatic N) is 4. The van der Waals surface area contributed by atoms with Gasteiger partial charge < -0.3 is 14.5 Å². The average Bonchev–Trinajstić information content (AvgIpc) is 3.16. The van der Waals surface area contributed by atoms with Crippen LogP contribution in [0.25, 0.3) is 0 Å². The van der Waals surface area contributed by atoms with Crippen LogP contribution in [0.4, 0.5) is 5.13 Å². The minimum Gasteiger partial charge on any atom is -0.377 e. The van der Waals surface area contributed by atoms with Gasteiger partial charge in [-0.25, -0.2) is 4.98 Å². The van der Waals surface area contributed by atoms with Gasteiger partial charge in [-0.15, -0.1) is 0 Å². The standard InChI is InChI=1S/C19H24N4O2S/c1-25-13-17-20-19(26-21-17)22-9-7-15(8-10-22)18(24)23-11-6-14-4-2-3-5-16(14)12-23/h2-5,15H,6-13H2,1H3. The smallest absolute Gasteiger partial charge is 0.226 e. The lowest BCUT2D eigenvalue weighted by Crippen LogP contribution is -2.44. The van der Waals surface area contributed by atoms with E-state index in [1.807, 2.05) is 4.90 Å². The monoisotopic (exact) mass is 372 g/mol. The number of methoxy groups -OCH3 is 1. The fourth-order valence-corrected chi connectivity index (χ4v) is 4.55. The highest BCUT2D eigenvalue weighted by atomic mass is 32.1. The highest BCUT2D eigenvalue weighted by Gasteiger charge is 2.31. The second kappa shape index (κ2) is 7.72. The minimum absolute atomic E-state index is 0.128. The van der Waals surface area contributed by atoms with Crippen molar-refractivity contribution in [3.8, 4) is 0 Å². The van der Waals surface area contributed by atoms with Gasteiger partial charge in [-0.05, 0) is 30.4 Å². The number of ether oxygens (including phenoxy) is 1. The predicted octanol–water partition coefficient (Wildman–Crippen LogP) is 2.49. The summed E-state index contributed by atoms with van der Waals surface area (Å²) in [6.07, 6.45) is 2.74. The van der Waals surface area contributed by atoms with Crippen LogP contribution >= 0.6 is 11.5 Å². The van der Waals surface area contributed by atoms with E-state index in [4.69, 9.17) is 4.74 Å². The number of amides is 1. The molecule has 1 aromatic heterocycles. The fourth-order valence-electron chi connectivity index (χ4n) is 3.82. The molecule has 138 valence electrons. The van der Waals surface area contributed by atoms with Crippen LogP contribution in [0, 0.1) is 5.92 Å². The van der Waals surface area contributed by atoms with Crippen molar-refractivity contribution in [3.05, 3.63) is 41.2 Å². The third-order valence-electron chi connectivity index (χ3n) is 5.29. The largest absolute Gasteiger partial charge is 0.377 e. The van der Waals surface area contributed by atoms with Crippen molar-refractivity contribution in [2.75, 3.05) is 31.6 Å². The first-order valence-corrected chi connectivity index (χ1v) is 9.94. The van der Waals surface area contributed by atoms with Crippen molar-refractivity contribution in [1.82, 2.24) is 14.3 Å². The summed E-state index contributed by atoms with van der Waals surface area (Å²) >= 11 is 1.42. The molecule has 6 nitrogen and oxygen atoms in total. The molecule has 1 saturated heterocycles. The van der Waals surface area contributed by atoms with Gasteiger partial charge in [0.25, 0.3) is 0 Å². The molecule has 0 N–H and O–H groups in total. The maximum Gasteiger partial charge on any atom is 0.226 e. The fraction of sp³-hybridized carbons (Fsp3) is 0.526. The zero-order valence-electron chi connectivity index (χ0n) is 15.1. The van der Waals surface area contributed by atoms with Gasteiger partial charge in [-0.2, -0.15) is 4.37 Å². The Bertz CT molecular complexity index is 770. The van der Waals surface area contributed by atoms with Crippen LogP contribution in [0.3, 0.4) is 0 Å². The number of piperidine rings is 1. The van der Waals surface area contributed by atoms with E-state index in [1.54, 1.807) is 7.11 Å². The van der Waals surface area contributed by atoms with Crippen molar-refractivity contribution in [3.63, 3.8) is 0 Å². The van der Waals surface area contributed by atoms with Gasteiger partial charge in [0.2, 0.25) is 11.0 Å². The lowest BCUT2D eigenvalue weighted by atomic mass is 9.93. The van der Waals surface area contributed by atoms with Gasteiger partial charge in [-0.3, -0.25) is 4.79 Å². The minimum atomic E-state index is 0.128. The number of aromatic nitrogens is 2. The first-order chi connectivity index (χ1) is 12.7. The molecule has 2 aromatic rings. The van der Waals surface area contributed by atoms with E-state index in [0.29, 0.717) is 12.5 Å². The lowest BCUT2D eigenvalue weighted by molar-refractivity contribution is -0.137. The third-order valence-corrected chi connectivity index (χ3v) is 6.10. The molecule has 2 aliphatic rings. The number of carbonyl (C=O) groups excluding carboxylic acids is 1. The Morgan fingerprint density at radius 3 is 2.77 bits per heavy atom. The highest BCUT2D eigenvalue weighted by Crippen LogP contribution is 2.28. The molecule has 4 rings (SSSR count). The van der Waals surface area contributed by atoms with Crippen LogP contribution in [0.1, 0.15) is 29.8 Å². The topological polar surface area (TPSA) is 58.6 Å². The predicted molar refractivity (Wildman–Crippen MR) is 101 cm³/mol. The van der Waals surface area contributed by atoms with Crippen molar-refractivity contribution < 1.29 is 9.53 Å². The summed E-state index contributed by atoms with van der Waals surface area (Å²) in [7, 11) is 1.65. The molecule has 1 fully saturated rings. The molecule has 0 unspecified atom stereocenters. The average molecular weight is 372 g/mol. The van der Waals surface area contributed by atoms with E-state index in [-0.39, 0.29) is 5.92 Å². The summed E-state index contributed by atoms with van der Waals surface area (Å²) < 4.78 is 9.40. The zero-order chi connectivity index (χ0) is 17.9. The molecular weight excluding hydrogens is 348 g/mol. The van der Waals surface area contributed by atoms with E-state index < -0.39 is 0 Å². The summed E-state index contributed by atoms with van der Waals surface area (Å²) in [4.78, 5) is 21.8. The van der Waals surface area contributed by atoms with Crippen LogP contribution < -0.4 is 4.90 Å². The molecule has 7 heteroatoms. The van der Waals surface area contributed by atoms with Crippen LogP contribution in [0.2, 0.25) is 0 Å². The Morgan fingerprint density at radius 2 is 2.00 bits per heavy atom. The zero-order valence-corrected chi connectivity index (χ0v) is 15.9. The second-order valence-electron chi connectivity index (χ2n) is 6.97. The molecule has 0 spiro atoms. The Morgan fingerprint density at radius 1 is 1.23 bits per heavy atom. The van der Waals surface area contributed by atoms with Crippen LogP contribution in [-0.4, -0.2) is 46.9 Å². The van der Waals surface area contributed by atoms with E-state index in [0.717, 1.165) is 56.4 Å². The summed E-state index contributed by atoms with van der Waals surface area (Å²) in [5.41, 5.74) is 2.68. The van der Waals surface area contributed by atoms with E-state index in [2.05, 4.69) is 38.5 Å². The molecule has 26 heavy (non-hydrogen) atoms. The molecule has 0 atom stereocenters. The summed E-state index contributed by atoms with van der Waals surface area (Å²) in [5, 5.41) is 0.940.